The van der Waals surface area contributed by atoms with E-state index in [4.69, 9.17) is 5.73 Å². The first-order chi connectivity index (χ1) is 9.45. The van der Waals surface area contributed by atoms with Crippen LogP contribution in [0.2, 0.25) is 0 Å². The molecule has 110 valence electrons. The van der Waals surface area contributed by atoms with Gasteiger partial charge in [-0.1, -0.05) is 12.1 Å². The van der Waals surface area contributed by atoms with Crippen LogP contribution in [0.4, 0.5) is 0 Å². The molecule has 1 saturated heterocycles. The Bertz CT molecular complexity index is 613. The summed E-state index contributed by atoms with van der Waals surface area (Å²) in [4.78, 5) is 11.8. The first kappa shape index (κ1) is 15.0. The molecule has 2 rings (SSSR count). The molecule has 3 N–H and O–H groups in total. The van der Waals surface area contributed by atoms with Crippen molar-refractivity contribution in [1.82, 2.24) is 9.62 Å². The maximum absolute atomic E-state index is 12.7. The predicted molar refractivity (Wildman–Crippen MR) is 75.5 cm³/mol. The third-order valence-corrected chi connectivity index (χ3v) is 5.32. The standard InChI is InChI=1S/C13H19N3O3S/c1-10-3-4-11(8-14)7-12(10)20(18,19)16-6-2-5-15-13(17)9-16/h3-4,7H,2,5-6,8-9,14H2,1H3,(H,15,17). The van der Waals surface area contributed by atoms with Crippen LogP contribution in [0, 0.1) is 6.92 Å². The summed E-state index contributed by atoms with van der Waals surface area (Å²) in [5.41, 5.74) is 6.98. The van der Waals surface area contributed by atoms with Crippen molar-refractivity contribution in [2.24, 2.45) is 5.73 Å². The Morgan fingerprint density at radius 3 is 2.85 bits per heavy atom. The van der Waals surface area contributed by atoms with Gasteiger partial charge in [-0.2, -0.15) is 4.31 Å². The minimum absolute atomic E-state index is 0.130. The maximum Gasteiger partial charge on any atom is 0.243 e. The van der Waals surface area contributed by atoms with Crippen molar-refractivity contribution in [3.8, 4) is 0 Å². The number of amides is 1. The first-order valence-corrected chi connectivity index (χ1v) is 7.95. The smallest absolute Gasteiger partial charge is 0.243 e. The second-order valence-electron chi connectivity index (χ2n) is 4.85. The third-order valence-electron chi connectivity index (χ3n) is 3.33. The number of hydrogen-bond donors (Lipinski definition) is 2. The van der Waals surface area contributed by atoms with Crippen molar-refractivity contribution in [1.29, 1.82) is 0 Å². The number of rotatable bonds is 3. The molecule has 1 amide bonds. The molecule has 1 aliphatic heterocycles. The fourth-order valence-corrected chi connectivity index (χ4v) is 3.88. The molecule has 0 radical (unpaired) electrons. The lowest BCUT2D eigenvalue weighted by atomic mass is 10.1. The molecule has 1 aromatic rings. The number of nitrogens with one attached hydrogen (secondary N) is 1. The molecule has 1 fully saturated rings. The zero-order valence-electron chi connectivity index (χ0n) is 11.4. The Kier molecular flexibility index (Phi) is 4.42. The van der Waals surface area contributed by atoms with Crippen LogP contribution >= 0.6 is 0 Å². The van der Waals surface area contributed by atoms with Crippen molar-refractivity contribution in [3.05, 3.63) is 29.3 Å². The summed E-state index contributed by atoms with van der Waals surface area (Å²) in [6, 6.07) is 5.14. The van der Waals surface area contributed by atoms with Gasteiger partial charge in [-0.25, -0.2) is 8.42 Å². The van der Waals surface area contributed by atoms with E-state index < -0.39 is 10.0 Å². The zero-order valence-corrected chi connectivity index (χ0v) is 12.2. The molecule has 1 aromatic carbocycles. The normalized spacial score (nSPS) is 17.6. The van der Waals surface area contributed by atoms with Crippen LogP contribution in [0.15, 0.2) is 23.1 Å². The maximum atomic E-state index is 12.7. The minimum Gasteiger partial charge on any atom is -0.355 e. The average Bonchev–Trinajstić information content (AvgIpc) is 2.64. The third kappa shape index (κ3) is 3.00. The van der Waals surface area contributed by atoms with Gasteiger partial charge in [0.15, 0.2) is 0 Å². The van der Waals surface area contributed by atoms with Gasteiger partial charge in [0, 0.05) is 19.6 Å². The summed E-state index contributed by atoms with van der Waals surface area (Å²) < 4.78 is 26.6. The molecule has 0 unspecified atom stereocenters. The van der Waals surface area contributed by atoms with Gasteiger partial charge in [0.2, 0.25) is 15.9 Å². The lowest BCUT2D eigenvalue weighted by molar-refractivity contribution is -0.120. The second kappa shape index (κ2) is 5.90. The van der Waals surface area contributed by atoms with Crippen LogP contribution in [0.1, 0.15) is 17.5 Å². The van der Waals surface area contributed by atoms with E-state index in [0.29, 0.717) is 25.1 Å². The summed E-state index contributed by atoms with van der Waals surface area (Å²) in [5, 5.41) is 2.67. The Balaban J connectivity index is 2.41. The van der Waals surface area contributed by atoms with E-state index in [2.05, 4.69) is 5.32 Å². The molecule has 0 aromatic heterocycles. The summed E-state index contributed by atoms with van der Waals surface area (Å²) >= 11 is 0. The summed E-state index contributed by atoms with van der Waals surface area (Å²) in [6.45, 7) is 2.74. The Morgan fingerprint density at radius 2 is 2.15 bits per heavy atom. The highest BCUT2D eigenvalue weighted by atomic mass is 32.2. The number of sulfonamides is 1. The highest BCUT2D eigenvalue weighted by Gasteiger charge is 2.29. The van der Waals surface area contributed by atoms with Crippen molar-refractivity contribution in [3.63, 3.8) is 0 Å². The number of aryl methyl sites for hydroxylation is 1. The van der Waals surface area contributed by atoms with Gasteiger partial charge in [-0.3, -0.25) is 4.79 Å². The molecule has 0 bridgehead atoms. The SMILES string of the molecule is Cc1ccc(CN)cc1S(=O)(=O)N1CCCNC(=O)C1. The molecule has 7 heteroatoms. The molecule has 0 spiro atoms. The van der Waals surface area contributed by atoms with Crippen LogP contribution in [-0.4, -0.2) is 38.3 Å². The lowest BCUT2D eigenvalue weighted by Crippen LogP contribution is -2.37. The van der Waals surface area contributed by atoms with Gasteiger partial charge in [0.05, 0.1) is 11.4 Å². The second-order valence-corrected chi connectivity index (χ2v) is 6.75. The minimum atomic E-state index is -3.66. The van der Waals surface area contributed by atoms with E-state index in [-0.39, 0.29) is 23.9 Å². The first-order valence-electron chi connectivity index (χ1n) is 6.51. The number of carbonyl (C=O) groups excluding carboxylic acids is 1. The lowest BCUT2D eigenvalue weighted by Gasteiger charge is -2.20. The molecule has 1 heterocycles. The van der Waals surface area contributed by atoms with Crippen molar-refractivity contribution < 1.29 is 13.2 Å². The Labute approximate surface area is 119 Å². The largest absolute Gasteiger partial charge is 0.355 e. The molecule has 0 aliphatic carbocycles. The summed E-state index contributed by atoms with van der Waals surface area (Å²) in [7, 11) is -3.66. The molecule has 0 saturated carbocycles. The monoisotopic (exact) mass is 297 g/mol. The van der Waals surface area contributed by atoms with Gasteiger partial charge < -0.3 is 11.1 Å². The zero-order chi connectivity index (χ0) is 14.8. The van der Waals surface area contributed by atoms with Crippen LogP contribution in [0.3, 0.4) is 0 Å². The Morgan fingerprint density at radius 1 is 1.40 bits per heavy atom. The van der Waals surface area contributed by atoms with Crippen molar-refractivity contribution >= 4 is 15.9 Å². The fourth-order valence-electron chi connectivity index (χ4n) is 2.17. The van der Waals surface area contributed by atoms with Crippen LogP contribution < -0.4 is 11.1 Å². The van der Waals surface area contributed by atoms with Crippen LogP contribution in [0.5, 0.6) is 0 Å². The highest BCUT2D eigenvalue weighted by molar-refractivity contribution is 7.89. The fraction of sp³-hybridized carbons (Fsp3) is 0.462. The number of carbonyl (C=O) groups is 1. The topological polar surface area (TPSA) is 92.5 Å². The number of nitrogens with two attached hydrogens (primary N) is 1. The Hall–Kier alpha value is -1.44. The highest BCUT2D eigenvalue weighted by Crippen LogP contribution is 2.22. The number of benzene rings is 1. The van der Waals surface area contributed by atoms with E-state index in [0.717, 1.165) is 5.56 Å². The van der Waals surface area contributed by atoms with Gasteiger partial charge >= 0.3 is 0 Å². The van der Waals surface area contributed by atoms with Crippen LogP contribution in [-0.2, 0) is 21.4 Å². The molecule has 6 nitrogen and oxygen atoms in total. The molecule has 1 aliphatic rings. The van der Waals surface area contributed by atoms with Gasteiger partial charge in [0.25, 0.3) is 0 Å². The molecular weight excluding hydrogens is 278 g/mol. The summed E-state index contributed by atoms with van der Waals surface area (Å²) in [6.07, 6.45) is 0.612. The van der Waals surface area contributed by atoms with E-state index in [1.54, 1.807) is 19.1 Å². The number of hydrogen-bond acceptors (Lipinski definition) is 4. The quantitative estimate of drug-likeness (QED) is 0.819. The van der Waals surface area contributed by atoms with Gasteiger partial charge in [0.1, 0.15) is 0 Å². The molecule has 0 atom stereocenters. The van der Waals surface area contributed by atoms with Gasteiger partial charge in [-0.05, 0) is 30.5 Å². The van der Waals surface area contributed by atoms with E-state index in [1.807, 2.05) is 6.07 Å². The van der Waals surface area contributed by atoms with E-state index >= 15 is 0 Å². The number of nitrogens with zero attached hydrogens (tertiary/aromatic N) is 1. The van der Waals surface area contributed by atoms with Gasteiger partial charge in [-0.15, -0.1) is 0 Å². The average molecular weight is 297 g/mol. The molecular formula is C13H19N3O3S. The van der Waals surface area contributed by atoms with E-state index in [9.17, 15) is 13.2 Å². The van der Waals surface area contributed by atoms with Crippen molar-refractivity contribution in [2.45, 2.75) is 24.8 Å². The summed E-state index contributed by atoms with van der Waals surface area (Å²) in [5.74, 6) is -0.265. The van der Waals surface area contributed by atoms with E-state index in [1.165, 1.54) is 4.31 Å². The van der Waals surface area contributed by atoms with Crippen LogP contribution in [0.25, 0.3) is 0 Å². The predicted octanol–water partition coefficient (Wildman–Crippen LogP) is -0.0357. The van der Waals surface area contributed by atoms with Crippen molar-refractivity contribution in [2.75, 3.05) is 19.6 Å². The molecule has 20 heavy (non-hydrogen) atoms.